The van der Waals surface area contributed by atoms with Gasteiger partial charge in [-0.15, -0.1) is 0 Å². The average molecular weight is 206 g/mol. The second-order valence-electron chi connectivity index (χ2n) is 3.98. The molecule has 1 aromatic rings. The van der Waals surface area contributed by atoms with Gasteiger partial charge in [0.1, 0.15) is 0 Å². The third kappa shape index (κ3) is 3.72. The molecule has 0 aliphatic rings. The zero-order chi connectivity index (χ0) is 11.3. The molecule has 0 aliphatic carbocycles. The molecule has 3 nitrogen and oxygen atoms in total. The van der Waals surface area contributed by atoms with E-state index in [0.29, 0.717) is 5.92 Å². The van der Waals surface area contributed by atoms with E-state index in [9.17, 15) is 4.79 Å². The lowest BCUT2D eigenvalue weighted by Gasteiger charge is -2.22. The Balaban J connectivity index is 2.70. The quantitative estimate of drug-likeness (QED) is 0.766. The molecule has 82 valence electrons. The maximum absolute atomic E-state index is 10.7. The highest BCUT2D eigenvalue weighted by Crippen LogP contribution is 2.20. The maximum Gasteiger partial charge on any atom is 0.231 e. The van der Waals surface area contributed by atoms with Gasteiger partial charge < -0.3 is 11.1 Å². The van der Waals surface area contributed by atoms with Crippen molar-refractivity contribution >= 4 is 5.91 Å². The van der Waals surface area contributed by atoms with Crippen molar-refractivity contribution in [2.45, 2.75) is 19.9 Å². The van der Waals surface area contributed by atoms with E-state index in [1.807, 2.05) is 18.2 Å². The molecule has 1 amide bonds. The monoisotopic (exact) mass is 206 g/mol. The summed E-state index contributed by atoms with van der Waals surface area (Å²) in [5, 5.41) is 3.16. The number of rotatable bonds is 5. The first kappa shape index (κ1) is 11.7. The summed E-state index contributed by atoms with van der Waals surface area (Å²) in [4.78, 5) is 10.7. The Hall–Kier alpha value is -1.35. The second-order valence-corrected chi connectivity index (χ2v) is 3.98. The number of nitrogens with two attached hydrogens (primary N) is 1. The number of carbonyl (C=O) groups excluding carboxylic acids is 1. The highest BCUT2D eigenvalue weighted by Gasteiger charge is 2.14. The summed E-state index contributed by atoms with van der Waals surface area (Å²) in [7, 11) is 0. The highest BCUT2D eigenvalue weighted by atomic mass is 16.1. The molecule has 0 spiro atoms. The van der Waals surface area contributed by atoms with Crippen molar-refractivity contribution in [1.82, 2.24) is 5.32 Å². The van der Waals surface area contributed by atoms with Crippen molar-refractivity contribution in [3.8, 4) is 0 Å². The summed E-state index contributed by atoms with van der Waals surface area (Å²) in [6.45, 7) is 4.45. The third-order valence-corrected chi connectivity index (χ3v) is 2.32. The van der Waals surface area contributed by atoms with Crippen LogP contribution in [0.3, 0.4) is 0 Å². The summed E-state index contributed by atoms with van der Waals surface area (Å²) in [6.07, 6.45) is 0. The Bertz CT molecular complexity index is 309. The van der Waals surface area contributed by atoms with Gasteiger partial charge in [0.2, 0.25) is 5.91 Å². The molecule has 3 heteroatoms. The maximum atomic E-state index is 10.7. The number of carbonyl (C=O) groups is 1. The first-order valence-corrected chi connectivity index (χ1v) is 5.18. The molecule has 0 saturated heterocycles. The Morgan fingerprint density at radius 1 is 1.33 bits per heavy atom. The number of benzene rings is 1. The molecule has 0 aromatic heterocycles. The molecule has 1 unspecified atom stereocenters. The number of hydrogen-bond donors (Lipinski definition) is 2. The van der Waals surface area contributed by atoms with Crippen LogP contribution in [0.25, 0.3) is 0 Å². The SMILES string of the molecule is CC(C)C(NCC(N)=O)c1ccccc1. The number of primary amides is 1. The smallest absolute Gasteiger partial charge is 0.231 e. The molecule has 0 aliphatic heterocycles. The summed E-state index contributed by atoms with van der Waals surface area (Å²) in [5.41, 5.74) is 6.31. The number of nitrogens with one attached hydrogen (secondary N) is 1. The average Bonchev–Trinajstić information content (AvgIpc) is 2.18. The summed E-state index contributed by atoms with van der Waals surface area (Å²) in [5.74, 6) is 0.100. The highest BCUT2D eigenvalue weighted by molar-refractivity contribution is 5.75. The second kappa shape index (κ2) is 5.51. The van der Waals surface area contributed by atoms with Crippen LogP contribution in [0.5, 0.6) is 0 Å². The molecule has 1 atom stereocenters. The third-order valence-electron chi connectivity index (χ3n) is 2.32. The number of hydrogen-bond acceptors (Lipinski definition) is 2. The molecular formula is C12H18N2O. The minimum absolute atomic E-state index is 0.179. The van der Waals surface area contributed by atoms with Gasteiger partial charge in [0.05, 0.1) is 6.54 Å². The fraction of sp³-hybridized carbons (Fsp3) is 0.417. The molecule has 0 radical (unpaired) electrons. The van der Waals surface area contributed by atoms with E-state index in [-0.39, 0.29) is 18.5 Å². The van der Waals surface area contributed by atoms with Crippen LogP contribution in [0.4, 0.5) is 0 Å². The van der Waals surface area contributed by atoms with E-state index in [1.165, 1.54) is 5.56 Å². The van der Waals surface area contributed by atoms with Crippen LogP contribution in [0, 0.1) is 5.92 Å². The lowest BCUT2D eigenvalue weighted by molar-refractivity contribution is -0.117. The van der Waals surface area contributed by atoms with Crippen molar-refractivity contribution in [3.05, 3.63) is 35.9 Å². The molecule has 0 bridgehead atoms. The van der Waals surface area contributed by atoms with E-state index in [4.69, 9.17) is 5.73 Å². The normalized spacial score (nSPS) is 12.7. The Labute approximate surface area is 90.7 Å². The Kier molecular flexibility index (Phi) is 4.31. The van der Waals surface area contributed by atoms with Crippen molar-refractivity contribution in [1.29, 1.82) is 0 Å². The van der Waals surface area contributed by atoms with Crippen LogP contribution in [-0.4, -0.2) is 12.5 Å². The van der Waals surface area contributed by atoms with Crippen molar-refractivity contribution in [2.75, 3.05) is 6.54 Å². The van der Waals surface area contributed by atoms with Crippen LogP contribution in [0.2, 0.25) is 0 Å². The van der Waals surface area contributed by atoms with E-state index < -0.39 is 0 Å². The topological polar surface area (TPSA) is 55.1 Å². The van der Waals surface area contributed by atoms with Crippen LogP contribution in [0.15, 0.2) is 30.3 Å². The fourth-order valence-corrected chi connectivity index (χ4v) is 1.61. The molecule has 3 N–H and O–H groups in total. The van der Waals surface area contributed by atoms with Crippen LogP contribution < -0.4 is 11.1 Å². The largest absolute Gasteiger partial charge is 0.369 e. The van der Waals surface area contributed by atoms with Crippen molar-refractivity contribution < 1.29 is 4.79 Å². The zero-order valence-corrected chi connectivity index (χ0v) is 9.23. The summed E-state index contributed by atoms with van der Waals surface area (Å²) >= 11 is 0. The minimum Gasteiger partial charge on any atom is -0.369 e. The zero-order valence-electron chi connectivity index (χ0n) is 9.23. The molecule has 1 aromatic carbocycles. The van der Waals surface area contributed by atoms with Crippen molar-refractivity contribution in [3.63, 3.8) is 0 Å². The van der Waals surface area contributed by atoms with Gasteiger partial charge in [-0.05, 0) is 11.5 Å². The standard InChI is InChI=1S/C12H18N2O/c1-9(2)12(14-8-11(13)15)10-6-4-3-5-7-10/h3-7,9,12,14H,8H2,1-2H3,(H2,13,15). The summed E-state index contributed by atoms with van der Waals surface area (Å²) in [6, 6.07) is 10.3. The molecule has 0 fully saturated rings. The van der Waals surface area contributed by atoms with Gasteiger partial charge >= 0.3 is 0 Å². The predicted molar refractivity (Wildman–Crippen MR) is 61.2 cm³/mol. The lowest BCUT2D eigenvalue weighted by Crippen LogP contribution is -2.34. The summed E-state index contributed by atoms with van der Waals surface area (Å²) < 4.78 is 0. The molecule has 15 heavy (non-hydrogen) atoms. The van der Waals surface area contributed by atoms with Gasteiger partial charge in [-0.1, -0.05) is 44.2 Å². The number of amides is 1. The lowest BCUT2D eigenvalue weighted by atomic mass is 9.96. The van der Waals surface area contributed by atoms with E-state index in [0.717, 1.165) is 0 Å². The predicted octanol–water partition coefficient (Wildman–Crippen LogP) is 1.46. The first-order valence-electron chi connectivity index (χ1n) is 5.18. The van der Waals surface area contributed by atoms with E-state index in [1.54, 1.807) is 0 Å². The van der Waals surface area contributed by atoms with Gasteiger partial charge in [-0.25, -0.2) is 0 Å². The first-order chi connectivity index (χ1) is 7.11. The molecule has 0 saturated carbocycles. The van der Waals surface area contributed by atoms with Crippen LogP contribution >= 0.6 is 0 Å². The van der Waals surface area contributed by atoms with Crippen LogP contribution in [0.1, 0.15) is 25.5 Å². The van der Waals surface area contributed by atoms with E-state index in [2.05, 4.69) is 31.3 Å². The Morgan fingerprint density at radius 3 is 2.40 bits per heavy atom. The van der Waals surface area contributed by atoms with Gasteiger partial charge in [-0.2, -0.15) is 0 Å². The van der Waals surface area contributed by atoms with Crippen LogP contribution in [-0.2, 0) is 4.79 Å². The fourth-order valence-electron chi connectivity index (χ4n) is 1.61. The van der Waals surface area contributed by atoms with Gasteiger partial charge in [0, 0.05) is 6.04 Å². The Morgan fingerprint density at radius 2 is 1.93 bits per heavy atom. The molecule has 1 rings (SSSR count). The van der Waals surface area contributed by atoms with E-state index >= 15 is 0 Å². The minimum atomic E-state index is -0.323. The molecule has 0 heterocycles. The van der Waals surface area contributed by atoms with Gasteiger partial charge in [0.25, 0.3) is 0 Å². The molecular weight excluding hydrogens is 188 g/mol. The van der Waals surface area contributed by atoms with Gasteiger partial charge in [-0.3, -0.25) is 4.79 Å². The van der Waals surface area contributed by atoms with Gasteiger partial charge in [0.15, 0.2) is 0 Å². The van der Waals surface area contributed by atoms with Crippen molar-refractivity contribution in [2.24, 2.45) is 11.7 Å².